The average molecular weight is 468 g/mol. The summed E-state index contributed by atoms with van der Waals surface area (Å²) in [6.07, 6.45) is 5.64. The highest BCUT2D eigenvalue weighted by Crippen LogP contribution is 2.24. The van der Waals surface area contributed by atoms with Crippen LogP contribution in [0.5, 0.6) is 0 Å². The Morgan fingerprint density at radius 3 is 2.83 bits per heavy atom. The Balaban J connectivity index is 0.00000264. The molecule has 0 bridgehead atoms. The van der Waals surface area contributed by atoms with Crippen molar-refractivity contribution in [3.8, 4) is 0 Å². The Kier molecular flexibility index (Phi) is 11.1. The van der Waals surface area contributed by atoms with Crippen LogP contribution in [-0.2, 0) is 0 Å². The van der Waals surface area contributed by atoms with E-state index in [4.69, 9.17) is 0 Å². The second kappa shape index (κ2) is 12.2. The maximum absolute atomic E-state index is 4.68. The van der Waals surface area contributed by atoms with E-state index in [0.29, 0.717) is 6.04 Å². The molecule has 2 N–H and O–H groups in total. The van der Waals surface area contributed by atoms with Gasteiger partial charge in [-0.15, -0.1) is 35.3 Å². The summed E-state index contributed by atoms with van der Waals surface area (Å²) in [5.74, 6) is 2.17. The minimum Gasteiger partial charge on any atom is -0.363 e. The van der Waals surface area contributed by atoms with Crippen LogP contribution in [0.3, 0.4) is 0 Å². The van der Waals surface area contributed by atoms with Crippen LogP contribution < -0.4 is 15.5 Å². The molecular formula is C16H29IN4S2. The first-order valence-corrected chi connectivity index (χ1v) is 10.4. The number of aliphatic imine (C=N–C) groups is 1. The molecule has 2 rings (SSSR count). The molecule has 0 amide bonds. The largest absolute Gasteiger partial charge is 0.363 e. The third-order valence-electron chi connectivity index (χ3n) is 3.77. The number of nitrogens with zero attached hydrogens (tertiary/aromatic N) is 2. The molecule has 2 heterocycles. The van der Waals surface area contributed by atoms with E-state index in [0.717, 1.165) is 38.6 Å². The first kappa shape index (κ1) is 20.9. The molecule has 1 aliphatic heterocycles. The first-order valence-electron chi connectivity index (χ1n) is 8.15. The van der Waals surface area contributed by atoms with Crippen LogP contribution in [-0.4, -0.2) is 50.2 Å². The quantitative estimate of drug-likeness (QED) is 0.278. The van der Waals surface area contributed by atoms with Gasteiger partial charge in [0.25, 0.3) is 0 Å². The van der Waals surface area contributed by atoms with Crippen molar-refractivity contribution in [1.82, 2.24) is 10.6 Å². The van der Waals surface area contributed by atoms with Gasteiger partial charge in [0.15, 0.2) is 5.96 Å². The van der Waals surface area contributed by atoms with Crippen molar-refractivity contribution < 1.29 is 0 Å². The van der Waals surface area contributed by atoms with E-state index in [1.165, 1.54) is 23.6 Å². The summed E-state index contributed by atoms with van der Waals surface area (Å²) in [5, 5.41) is 10.5. The lowest BCUT2D eigenvalue weighted by atomic mass is 10.1. The fourth-order valence-corrected chi connectivity index (χ4v) is 3.81. The Labute approximate surface area is 165 Å². The van der Waals surface area contributed by atoms with Crippen molar-refractivity contribution in [3.05, 3.63) is 17.5 Å². The van der Waals surface area contributed by atoms with Gasteiger partial charge < -0.3 is 15.5 Å². The second-order valence-electron chi connectivity index (χ2n) is 5.46. The van der Waals surface area contributed by atoms with Crippen LogP contribution in [0.2, 0.25) is 0 Å². The molecule has 1 aromatic heterocycles. The van der Waals surface area contributed by atoms with E-state index in [2.05, 4.69) is 51.2 Å². The Bertz CT molecular complexity index is 431. The first-order chi connectivity index (χ1) is 10.8. The molecule has 23 heavy (non-hydrogen) atoms. The maximum atomic E-state index is 4.68. The molecular weight excluding hydrogens is 439 g/mol. The zero-order valence-electron chi connectivity index (χ0n) is 14.1. The third-order valence-corrected chi connectivity index (χ3v) is 5.40. The lowest BCUT2D eigenvalue weighted by Gasteiger charge is -2.33. The number of nitrogens with one attached hydrogen (secondary N) is 2. The molecule has 1 saturated heterocycles. The number of anilines is 1. The summed E-state index contributed by atoms with van der Waals surface area (Å²) < 4.78 is 0. The van der Waals surface area contributed by atoms with Gasteiger partial charge in [-0.3, -0.25) is 4.99 Å². The highest BCUT2D eigenvalue weighted by molar-refractivity contribution is 14.0. The standard InChI is InChI=1S/C16H28N4S2.HI/c1-3-17-16(18-9-5-12-21-2)19-14-7-10-20(11-8-14)15-6-4-13-22-15;/h4,6,13-14H,3,5,7-12H2,1-2H3,(H2,17,18,19);1H. The second-order valence-corrected chi connectivity index (χ2v) is 7.38. The Morgan fingerprint density at radius 2 is 2.22 bits per heavy atom. The minimum atomic E-state index is 0. The summed E-state index contributed by atoms with van der Waals surface area (Å²) in [7, 11) is 0. The molecule has 7 heteroatoms. The maximum Gasteiger partial charge on any atom is 0.191 e. The van der Waals surface area contributed by atoms with E-state index in [1.54, 1.807) is 0 Å². The molecule has 4 nitrogen and oxygen atoms in total. The van der Waals surface area contributed by atoms with Crippen LogP contribution in [0.25, 0.3) is 0 Å². The van der Waals surface area contributed by atoms with Gasteiger partial charge in [-0.05, 0) is 55.7 Å². The highest BCUT2D eigenvalue weighted by Gasteiger charge is 2.20. The summed E-state index contributed by atoms with van der Waals surface area (Å²) in [6.45, 7) is 6.21. The molecule has 0 saturated carbocycles. The van der Waals surface area contributed by atoms with Crippen LogP contribution in [0.1, 0.15) is 26.2 Å². The number of thiophene rings is 1. The normalized spacial score (nSPS) is 16.1. The van der Waals surface area contributed by atoms with Gasteiger partial charge in [0.05, 0.1) is 5.00 Å². The topological polar surface area (TPSA) is 39.7 Å². The van der Waals surface area contributed by atoms with Gasteiger partial charge in [-0.2, -0.15) is 11.8 Å². The molecule has 1 fully saturated rings. The molecule has 0 atom stereocenters. The van der Waals surface area contributed by atoms with Crippen LogP contribution in [0.4, 0.5) is 5.00 Å². The van der Waals surface area contributed by atoms with Crippen molar-refractivity contribution in [1.29, 1.82) is 0 Å². The molecule has 132 valence electrons. The third kappa shape index (κ3) is 7.51. The molecule has 0 aromatic carbocycles. The summed E-state index contributed by atoms with van der Waals surface area (Å²) in [5.41, 5.74) is 0. The predicted molar refractivity (Wildman–Crippen MR) is 117 cm³/mol. The minimum absolute atomic E-state index is 0. The summed E-state index contributed by atoms with van der Waals surface area (Å²) >= 11 is 3.72. The number of halogens is 1. The number of hydrogen-bond acceptors (Lipinski definition) is 4. The molecule has 0 aliphatic carbocycles. The van der Waals surface area contributed by atoms with E-state index in [9.17, 15) is 0 Å². The van der Waals surface area contributed by atoms with Crippen molar-refractivity contribution in [2.24, 2.45) is 4.99 Å². The highest BCUT2D eigenvalue weighted by atomic mass is 127. The smallest absolute Gasteiger partial charge is 0.191 e. The fourth-order valence-electron chi connectivity index (χ4n) is 2.61. The molecule has 1 aromatic rings. The molecule has 1 aliphatic rings. The van der Waals surface area contributed by atoms with E-state index in [-0.39, 0.29) is 24.0 Å². The molecule has 0 spiro atoms. The van der Waals surface area contributed by atoms with Gasteiger partial charge in [0.2, 0.25) is 0 Å². The summed E-state index contributed by atoms with van der Waals surface area (Å²) in [4.78, 5) is 7.17. The number of rotatable bonds is 7. The monoisotopic (exact) mass is 468 g/mol. The number of guanidine groups is 1. The van der Waals surface area contributed by atoms with Gasteiger partial charge in [0, 0.05) is 32.2 Å². The van der Waals surface area contributed by atoms with Crippen molar-refractivity contribution in [3.63, 3.8) is 0 Å². The van der Waals surface area contributed by atoms with E-state index >= 15 is 0 Å². The Morgan fingerprint density at radius 1 is 1.43 bits per heavy atom. The van der Waals surface area contributed by atoms with Gasteiger partial charge >= 0.3 is 0 Å². The predicted octanol–water partition coefficient (Wildman–Crippen LogP) is 3.64. The SMILES string of the molecule is CCNC(=NCCCSC)NC1CCN(c2cccs2)CC1.I. The molecule has 0 radical (unpaired) electrons. The van der Waals surface area contributed by atoms with E-state index < -0.39 is 0 Å². The van der Waals surface area contributed by atoms with E-state index in [1.807, 2.05) is 23.1 Å². The van der Waals surface area contributed by atoms with Crippen LogP contribution >= 0.6 is 47.1 Å². The van der Waals surface area contributed by atoms with Crippen molar-refractivity contribution in [2.75, 3.05) is 43.1 Å². The number of thioether (sulfide) groups is 1. The Hall–Kier alpha value is -0.150. The van der Waals surface area contributed by atoms with Crippen molar-refractivity contribution >= 4 is 58.0 Å². The zero-order valence-corrected chi connectivity index (χ0v) is 18.0. The van der Waals surface area contributed by atoms with Gasteiger partial charge in [-0.1, -0.05) is 0 Å². The van der Waals surface area contributed by atoms with Crippen molar-refractivity contribution in [2.45, 2.75) is 32.2 Å². The van der Waals surface area contributed by atoms with Gasteiger partial charge in [0.1, 0.15) is 0 Å². The molecule has 0 unspecified atom stereocenters. The zero-order chi connectivity index (χ0) is 15.6. The lowest BCUT2D eigenvalue weighted by molar-refractivity contribution is 0.463. The fraction of sp³-hybridized carbons (Fsp3) is 0.688. The lowest BCUT2D eigenvalue weighted by Crippen LogP contribution is -2.48. The van der Waals surface area contributed by atoms with Crippen LogP contribution in [0, 0.1) is 0 Å². The average Bonchev–Trinajstić information content (AvgIpc) is 3.07. The van der Waals surface area contributed by atoms with Gasteiger partial charge in [-0.25, -0.2) is 0 Å². The number of piperidine rings is 1. The van der Waals surface area contributed by atoms with Crippen LogP contribution in [0.15, 0.2) is 22.5 Å². The number of hydrogen-bond donors (Lipinski definition) is 2. The summed E-state index contributed by atoms with van der Waals surface area (Å²) in [6, 6.07) is 4.89.